The Balaban J connectivity index is 1.45. The van der Waals surface area contributed by atoms with Gasteiger partial charge < -0.3 is 14.6 Å². The average Bonchev–Trinajstić information content (AvgIpc) is 3.08. The van der Waals surface area contributed by atoms with Crippen LogP contribution in [0.25, 0.3) is 0 Å². The number of hydrogen-bond acceptors (Lipinski definition) is 4. The van der Waals surface area contributed by atoms with Crippen LogP contribution in [0.5, 0.6) is 0 Å². The first-order valence-electron chi connectivity index (χ1n) is 8.39. The van der Waals surface area contributed by atoms with E-state index in [-0.39, 0.29) is 11.8 Å². The van der Waals surface area contributed by atoms with Crippen molar-refractivity contribution in [2.45, 2.75) is 51.4 Å². The van der Waals surface area contributed by atoms with Crippen molar-refractivity contribution in [2.24, 2.45) is 5.92 Å². The lowest BCUT2D eigenvalue weighted by molar-refractivity contribution is -0.122. The summed E-state index contributed by atoms with van der Waals surface area (Å²) in [5.74, 6) is 1.58. The first kappa shape index (κ1) is 14.2. The van der Waals surface area contributed by atoms with Crippen LogP contribution in [-0.2, 0) is 22.6 Å². The lowest BCUT2D eigenvalue weighted by atomic mass is 10.1. The van der Waals surface area contributed by atoms with Crippen LogP contribution in [0.3, 0.4) is 0 Å². The average molecular weight is 304 g/mol. The molecule has 1 amide bonds. The first-order valence-corrected chi connectivity index (χ1v) is 8.39. The van der Waals surface area contributed by atoms with Crippen LogP contribution in [0.1, 0.15) is 43.7 Å². The van der Waals surface area contributed by atoms with Gasteiger partial charge in [0, 0.05) is 31.7 Å². The second-order valence-electron chi connectivity index (χ2n) is 6.68. The summed E-state index contributed by atoms with van der Waals surface area (Å²) in [7, 11) is 0. The number of imidazole rings is 1. The van der Waals surface area contributed by atoms with Gasteiger partial charge in [0.2, 0.25) is 5.91 Å². The highest BCUT2D eigenvalue weighted by atomic mass is 16.5. The molecule has 22 heavy (non-hydrogen) atoms. The smallest absolute Gasteiger partial charge is 0.223 e. The van der Waals surface area contributed by atoms with Gasteiger partial charge in [0.1, 0.15) is 5.82 Å². The number of fused-ring (bicyclic) bond motifs is 1. The maximum atomic E-state index is 11.8. The van der Waals surface area contributed by atoms with Crippen molar-refractivity contribution in [3.05, 3.63) is 17.7 Å². The second-order valence-corrected chi connectivity index (χ2v) is 6.68. The van der Waals surface area contributed by atoms with Gasteiger partial charge in [0.25, 0.3) is 0 Å². The summed E-state index contributed by atoms with van der Waals surface area (Å²) < 4.78 is 7.81. The van der Waals surface area contributed by atoms with E-state index in [0.717, 1.165) is 57.1 Å². The number of ether oxygens (including phenoxy) is 1. The van der Waals surface area contributed by atoms with E-state index >= 15 is 0 Å². The summed E-state index contributed by atoms with van der Waals surface area (Å²) in [6, 6.07) is 0.840. The van der Waals surface area contributed by atoms with Crippen LogP contribution >= 0.6 is 0 Å². The molecule has 0 unspecified atom stereocenters. The van der Waals surface area contributed by atoms with Gasteiger partial charge in [0.05, 0.1) is 31.1 Å². The summed E-state index contributed by atoms with van der Waals surface area (Å²) in [5, 5.41) is 3.04. The van der Waals surface area contributed by atoms with Gasteiger partial charge in [-0.15, -0.1) is 0 Å². The highest BCUT2D eigenvalue weighted by Crippen LogP contribution is 2.30. The van der Waals surface area contributed by atoms with E-state index in [4.69, 9.17) is 4.74 Å². The van der Waals surface area contributed by atoms with E-state index < -0.39 is 0 Å². The second kappa shape index (κ2) is 5.66. The van der Waals surface area contributed by atoms with Crippen molar-refractivity contribution in [1.29, 1.82) is 0 Å². The molecule has 3 aliphatic rings. The highest BCUT2D eigenvalue weighted by molar-refractivity contribution is 5.80. The molecular formula is C16H24N4O2. The summed E-state index contributed by atoms with van der Waals surface area (Å²) >= 11 is 0. The van der Waals surface area contributed by atoms with Crippen LogP contribution in [0, 0.1) is 5.92 Å². The number of rotatable bonds is 4. The largest absolute Gasteiger partial charge is 0.380 e. The molecule has 1 N–H and O–H groups in total. The van der Waals surface area contributed by atoms with E-state index in [1.54, 1.807) is 0 Å². The third-order valence-corrected chi connectivity index (χ3v) is 5.19. The highest BCUT2D eigenvalue weighted by Gasteiger charge is 2.34. The third-order valence-electron chi connectivity index (χ3n) is 5.19. The molecule has 6 nitrogen and oxygen atoms in total. The van der Waals surface area contributed by atoms with Crippen LogP contribution in [0.2, 0.25) is 0 Å². The fourth-order valence-corrected chi connectivity index (χ4v) is 3.67. The van der Waals surface area contributed by atoms with Gasteiger partial charge in [0.15, 0.2) is 0 Å². The van der Waals surface area contributed by atoms with Gasteiger partial charge in [-0.05, 0) is 26.2 Å². The molecule has 2 aliphatic heterocycles. The fraction of sp³-hybridized carbons (Fsp3) is 0.750. The topological polar surface area (TPSA) is 59.4 Å². The first-order chi connectivity index (χ1) is 10.7. The SMILES string of the molecule is C[C@H]1c2ncc(CNC(=O)C3CC3)n2CCN1[C@@H]1CCOC1. The molecule has 0 radical (unpaired) electrons. The lowest BCUT2D eigenvalue weighted by Crippen LogP contribution is -2.44. The zero-order chi connectivity index (χ0) is 15.1. The molecular weight excluding hydrogens is 280 g/mol. The Morgan fingerprint density at radius 3 is 3.00 bits per heavy atom. The van der Waals surface area contributed by atoms with Crippen molar-refractivity contribution < 1.29 is 9.53 Å². The molecule has 1 aliphatic carbocycles. The Kier molecular flexibility index (Phi) is 3.66. The van der Waals surface area contributed by atoms with Crippen LogP contribution < -0.4 is 5.32 Å². The summed E-state index contributed by atoms with van der Waals surface area (Å²) in [6.07, 6.45) is 5.14. The maximum absolute atomic E-state index is 11.8. The standard InChI is InChI=1S/C16H24N4O2/c1-11-15-17-8-14(9-18-16(21)12-2-3-12)20(15)6-5-19(11)13-4-7-22-10-13/h8,11-13H,2-7,9-10H2,1H3,(H,18,21)/t11-,13+/m0/s1. The van der Waals surface area contributed by atoms with E-state index in [0.29, 0.717) is 18.6 Å². The molecule has 2 atom stereocenters. The van der Waals surface area contributed by atoms with Crippen LogP contribution in [0.4, 0.5) is 0 Å². The van der Waals surface area contributed by atoms with E-state index in [1.807, 2.05) is 6.20 Å². The molecule has 1 saturated heterocycles. The maximum Gasteiger partial charge on any atom is 0.223 e. The van der Waals surface area contributed by atoms with E-state index in [2.05, 4.69) is 26.7 Å². The summed E-state index contributed by atoms with van der Waals surface area (Å²) in [4.78, 5) is 18.9. The molecule has 1 aromatic heterocycles. The number of carbonyl (C=O) groups is 1. The zero-order valence-electron chi connectivity index (χ0n) is 13.1. The monoisotopic (exact) mass is 304 g/mol. The number of amides is 1. The minimum Gasteiger partial charge on any atom is -0.380 e. The van der Waals surface area contributed by atoms with Gasteiger partial charge in [-0.25, -0.2) is 4.98 Å². The summed E-state index contributed by atoms with van der Waals surface area (Å²) in [5.41, 5.74) is 1.12. The number of nitrogens with one attached hydrogen (secondary N) is 1. The Labute approximate surface area is 130 Å². The molecule has 4 rings (SSSR count). The van der Waals surface area contributed by atoms with Gasteiger partial charge in [-0.2, -0.15) is 0 Å². The molecule has 6 heteroatoms. The predicted molar refractivity (Wildman–Crippen MR) is 81.1 cm³/mol. The number of hydrogen-bond donors (Lipinski definition) is 1. The summed E-state index contributed by atoms with van der Waals surface area (Å²) in [6.45, 7) is 6.52. The van der Waals surface area contributed by atoms with Crippen molar-refractivity contribution in [3.8, 4) is 0 Å². The van der Waals surface area contributed by atoms with Crippen molar-refractivity contribution in [3.63, 3.8) is 0 Å². The number of carbonyl (C=O) groups excluding carboxylic acids is 1. The van der Waals surface area contributed by atoms with E-state index in [9.17, 15) is 4.79 Å². The molecule has 120 valence electrons. The van der Waals surface area contributed by atoms with Crippen LogP contribution in [-0.4, -0.2) is 46.2 Å². The van der Waals surface area contributed by atoms with Crippen molar-refractivity contribution in [1.82, 2.24) is 19.8 Å². The lowest BCUT2D eigenvalue weighted by Gasteiger charge is -2.37. The molecule has 0 aromatic carbocycles. The number of aromatic nitrogens is 2. The number of nitrogens with zero attached hydrogens (tertiary/aromatic N) is 3. The normalized spacial score (nSPS) is 28.6. The Morgan fingerprint density at radius 2 is 2.27 bits per heavy atom. The fourth-order valence-electron chi connectivity index (χ4n) is 3.67. The van der Waals surface area contributed by atoms with Gasteiger partial charge in [-0.3, -0.25) is 9.69 Å². The Bertz CT molecular complexity index is 560. The minimum atomic E-state index is 0.198. The minimum absolute atomic E-state index is 0.198. The third kappa shape index (κ3) is 2.54. The van der Waals surface area contributed by atoms with Gasteiger partial charge in [-0.1, -0.05) is 0 Å². The predicted octanol–water partition coefficient (Wildman–Crippen LogP) is 1.07. The zero-order valence-corrected chi connectivity index (χ0v) is 13.1. The quantitative estimate of drug-likeness (QED) is 0.904. The molecule has 0 bridgehead atoms. The van der Waals surface area contributed by atoms with Gasteiger partial charge >= 0.3 is 0 Å². The van der Waals surface area contributed by atoms with Crippen molar-refractivity contribution >= 4 is 5.91 Å². The Hall–Kier alpha value is -1.40. The molecule has 2 fully saturated rings. The van der Waals surface area contributed by atoms with Crippen molar-refractivity contribution in [2.75, 3.05) is 19.8 Å². The molecule has 0 spiro atoms. The molecule has 1 saturated carbocycles. The van der Waals surface area contributed by atoms with Crippen LogP contribution in [0.15, 0.2) is 6.20 Å². The van der Waals surface area contributed by atoms with E-state index in [1.165, 1.54) is 0 Å². The molecule has 1 aromatic rings. The molecule has 3 heterocycles. The Morgan fingerprint density at radius 1 is 1.41 bits per heavy atom.